The van der Waals surface area contributed by atoms with Crippen LogP contribution in [0.2, 0.25) is 0 Å². The van der Waals surface area contributed by atoms with E-state index in [1.165, 1.54) is 0 Å². The van der Waals surface area contributed by atoms with Gasteiger partial charge in [-0.3, -0.25) is 9.52 Å². The van der Waals surface area contributed by atoms with Crippen LogP contribution in [0, 0.1) is 11.3 Å². The lowest BCUT2D eigenvalue weighted by Gasteiger charge is -2.54. The molecule has 0 radical (unpaired) electrons. The molecule has 0 unspecified atom stereocenters. The molecule has 4 saturated carbocycles. The van der Waals surface area contributed by atoms with Crippen LogP contribution in [0.25, 0.3) is 11.1 Å². The number of amides is 1. The van der Waals surface area contributed by atoms with Crippen LogP contribution in [0.4, 0.5) is 24.5 Å². The number of carbonyl (C=O) groups excluding carboxylic acids is 1. The number of sulfonamides is 1. The van der Waals surface area contributed by atoms with Gasteiger partial charge >= 0.3 is 6.18 Å². The summed E-state index contributed by atoms with van der Waals surface area (Å²) in [5, 5.41) is 14.5. The van der Waals surface area contributed by atoms with Gasteiger partial charge in [-0.25, -0.2) is 8.42 Å². The molecule has 4 aliphatic carbocycles. The summed E-state index contributed by atoms with van der Waals surface area (Å²) in [5.41, 5.74) is -1.02. The fourth-order valence-corrected chi connectivity index (χ4v) is 7.96. The molecular formula is C34H41F3N4O5S. The Hall–Kier alpha value is -3.45. The first-order valence-electron chi connectivity index (χ1n) is 15.9. The molecule has 1 heterocycles. The van der Waals surface area contributed by atoms with Gasteiger partial charge in [0.25, 0.3) is 0 Å². The number of hydrogen-bond acceptors (Lipinski definition) is 7. The lowest BCUT2D eigenvalue weighted by atomic mass is 9.53. The van der Waals surface area contributed by atoms with E-state index in [2.05, 4.69) is 9.88 Å². The third kappa shape index (κ3) is 6.53. The summed E-state index contributed by atoms with van der Waals surface area (Å²) in [4.78, 5) is 20.5. The molecule has 2 bridgehead atoms. The molecule has 4 fully saturated rings. The summed E-state index contributed by atoms with van der Waals surface area (Å²) in [6.07, 6.45) is -0.167. The molecule has 4 aliphatic rings. The Bertz CT molecular complexity index is 1730. The Morgan fingerprint density at radius 1 is 1.00 bits per heavy atom. The van der Waals surface area contributed by atoms with Crippen LogP contribution in [0.15, 0.2) is 53.1 Å². The van der Waals surface area contributed by atoms with Gasteiger partial charge in [-0.2, -0.15) is 18.2 Å². The van der Waals surface area contributed by atoms with Crippen LogP contribution in [-0.2, 0) is 25.6 Å². The molecular weight excluding hydrogens is 633 g/mol. The van der Waals surface area contributed by atoms with Crippen LogP contribution < -0.4 is 9.62 Å². The number of nitrogens with zero attached hydrogens (tertiary/aromatic N) is 3. The summed E-state index contributed by atoms with van der Waals surface area (Å²) in [5.74, 6) is -0.0467. The lowest BCUT2D eigenvalue weighted by molar-refractivity contribution is -0.295. The number of nitrogens with one attached hydrogen (secondary N) is 1. The fourth-order valence-electron chi connectivity index (χ4n) is 7.39. The van der Waals surface area contributed by atoms with E-state index in [0.29, 0.717) is 23.8 Å². The second-order valence-corrected chi connectivity index (χ2v) is 16.8. The minimum absolute atomic E-state index is 0.196. The first-order chi connectivity index (χ1) is 21.8. The normalized spacial score (nSPS) is 27.7. The highest BCUT2D eigenvalue weighted by molar-refractivity contribution is 7.92. The Morgan fingerprint density at radius 3 is 2.15 bits per heavy atom. The minimum atomic E-state index is -4.80. The zero-order valence-corrected chi connectivity index (χ0v) is 27.8. The highest BCUT2D eigenvalue weighted by atomic mass is 32.2. The molecule has 9 nitrogen and oxygen atoms in total. The third-order valence-corrected chi connectivity index (χ3v) is 11.0. The molecule has 1 amide bonds. The van der Waals surface area contributed by atoms with E-state index < -0.39 is 46.5 Å². The molecule has 1 aromatic heterocycles. The van der Waals surface area contributed by atoms with Gasteiger partial charge in [-0.1, -0.05) is 50.2 Å². The fraction of sp³-hybridized carbons (Fsp3) is 0.559. The smallest absolute Gasteiger partial charge is 0.380 e. The van der Waals surface area contributed by atoms with Gasteiger partial charge in [0, 0.05) is 34.7 Å². The number of carbonyl (C=O) groups is 1. The van der Waals surface area contributed by atoms with Crippen molar-refractivity contribution < 1.29 is 36.0 Å². The maximum Gasteiger partial charge on any atom is 0.417 e. The number of anilines is 2. The summed E-state index contributed by atoms with van der Waals surface area (Å²) in [6.45, 7) is 6.43. The SMILES string of the molecule is CC(C)(C)c1nc(C23CCC(CN(C(=O)C4CC(O)(C(F)(F)F)C4)c4cccc(-c5ccc(NS(C)(=O)=O)cc5)c4)(CC2)CC3)no1. The van der Waals surface area contributed by atoms with E-state index in [0.717, 1.165) is 61.7 Å². The maximum atomic E-state index is 14.0. The first kappa shape index (κ1) is 33.5. The number of rotatable bonds is 8. The van der Waals surface area contributed by atoms with Crippen molar-refractivity contribution in [1.82, 2.24) is 10.1 Å². The van der Waals surface area contributed by atoms with E-state index in [1.807, 2.05) is 32.9 Å². The van der Waals surface area contributed by atoms with Crippen molar-refractivity contribution in [2.75, 3.05) is 22.4 Å². The Labute approximate surface area is 273 Å². The molecule has 0 spiro atoms. The van der Waals surface area contributed by atoms with Crippen molar-refractivity contribution in [2.24, 2.45) is 11.3 Å². The molecule has 0 aliphatic heterocycles. The molecule has 3 aromatic rings. The summed E-state index contributed by atoms with van der Waals surface area (Å²) in [6, 6.07) is 14.1. The zero-order chi connectivity index (χ0) is 34.0. The minimum Gasteiger partial charge on any atom is -0.380 e. The Kier molecular flexibility index (Phi) is 8.06. The largest absolute Gasteiger partial charge is 0.417 e. The molecule has 0 saturated heterocycles. The molecule has 2 aromatic carbocycles. The predicted octanol–water partition coefficient (Wildman–Crippen LogP) is 6.73. The number of halogens is 3. The van der Waals surface area contributed by atoms with Crippen molar-refractivity contribution in [2.45, 2.75) is 94.7 Å². The molecule has 13 heteroatoms. The zero-order valence-electron chi connectivity index (χ0n) is 27.0. The van der Waals surface area contributed by atoms with Gasteiger partial charge in [-0.05, 0) is 92.2 Å². The number of fused-ring (bicyclic) bond motifs is 3. The Balaban J connectivity index is 1.26. The number of benzene rings is 2. The standard InChI is InChI=1S/C34H41F3N4O5S/c1-30(2,3)29-38-28(39-46-29)32-15-12-31(13-16-32,14-17-32)21-41(27(42)24-19-33(43,20-24)34(35,36)37)26-7-5-6-23(18-26)22-8-10-25(11-9-22)40-47(4,44)45/h5-11,18,24,40,43H,12-17,19-21H2,1-4H3. The summed E-state index contributed by atoms with van der Waals surface area (Å²) < 4.78 is 71.8. The summed E-state index contributed by atoms with van der Waals surface area (Å²) in [7, 11) is -3.44. The number of aromatic nitrogens is 2. The van der Waals surface area contributed by atoms with Gasteiger partial charge in [0.1, 0.15) is 0 Å². The van der Waals surface area contributed by atoms with Gasteiger partial charge in [0.2, 0.25) is 21.8 Å². The van der Waals surface area contributed by atoms with Crippen LogP contribution in [0.5, 0.6) is 0 Å². The second kappa shape index (κ2) is 11.3. The van der Waals surface area contributed by atoms with Crippen molar-refractivity contribution in [3.8, 4) is 11.1 Å². The second-order valence-electron chi connectivity index (χ2n) is 15.0. The lowest BCUT2D eigenvalue weighted by Crippen LogP contribution is -2.60. The quantitative estimate of drug-likeness (QED) is 0.271. The molecule has 2 N–H and O–H groups in total. The number of aliphatic hydroxyl groups is 1. The van der Waals surface area contributed by atoms with Gasteiger partial charge in [0.05, 0.1) is 6.26 Å². The molecule has 47 heavy (non-hydrogen) atoms. The molecule has 254 valence electrons. The molecule has 0 atom stereocenters. The molecule has 7 rings (SSSR count). The average molecular weight is 675 g/mol. The third-order valence-electron chi connectivity index (χ3n) is 10.4. The van der Waals surface area contributed by atoms with Crippen LogP contribution >= 0.6 is 0 Å². The van der Waals surface area contributed by atoms with Gasteiger partial charge < -0.3 is 14.5 Å². The number of alkyl halides is 3. The van der Waals surface area contributed by atoms with Gasteiger partial charge in [0.15, 0.2) is 11.4 Å². The van der Waals surface area contributed by atoms with Crippen LogP contribution in [-0.4, -0.2) is 54.2 Å². The van der Waals surface area contributed by atoms with Crippen molar-refractivity contribution in [1.29, 1.82) is 0 Å². The van der Waals surface area contributed by atoms with Crippen LogP contribution in [0.3, 0.4) is 0 Å². The predicted molar refractivity (Wildman–Crippen MR) is 171 cm³/mol. The van der Waals surface area contributed by atoms with Crippen LogP contribution in [0.1, 0.15) is 83.9 Å². The van der Waals surface area contributed by atoms with E-state index in [9.17, 15) is 31.5 Å². The summed E-state index contributed by atoms with van der Waals surface area (Å²) >= 11 is 0. The van der Waals surface area contributed by atoms with Gasteiger partial charge in [-0.15, -0.1) is 0 Å². The Morgan fingerprint density at radius 2 is 1.62 bits per heavy atom. The van der Waals surface area contributed by atoms with E-state index in [4.69, 9.17) is 9.51 Å². The highest BCUT2D eigenvalue weighted by Crippen LogP contribution is 2.58. The maximum absolute atomic E-state index is 14.0. The average Bonchev–Trinajstić information content (AvgIpc) is 3.51. The van der Waals surface area contributed by atoms with E-state index in [1.54, 1.807) is 41.3 Å². The van der Waals surface area contributed by atoms with Crippen molar-refractivity contribution >= 4 is 27.3 Å². The van der Waals surface area contributed by atoms with Crippen molar-refractivity contribution in [3.63, 3.8) is 0 Å². The topological polar surface area (TPSA) is 126 Å². The first-order valence-corrected chi connectivity index (χ1v) is 17.8. The monoisotopic (exact) mass is 674 g/mol. The number of hydrogen-bond donors (Lipinski definition) is 2. The highest BCUT2D eigenvalue weighted by Gasteiger charge is 2.63. The van der Waals surface area contributed by atoms with E-state index in [-0.39, 0.29) is 16.2 Å². The van der Waals surface area contributed by atoms with Crippen molar-refractivity contribution in [3.05, 3.63) is 60.2 Å². The van der Waals surface area contributed by atoms with E-state index >= 15 is 0 Å².